The van der Waals surface area contributed by atoms with Gasteiger partial charge in [-0.25, -0.2) is 0 Å². The van der Waals surface area contributed by atoms with Crippen LogP contribution in [-0.2, 0) is 9.47 Å². The quantitative estimate of drug-likeness (QED) is 0.640. The second-order valence-corrected chi connectivity index (χ2v) is 5.07. The topological polar surface area (TPSA) is 21.7 Å². The van der Waals surface area contributed by atoms with E-state index in [1.165, 1.54) is 45.1 Å². The van der Waals surface area contributed by atoms with Crippen molar-refractivity contribution >= 4 is 0 Å². The molecular weight excluding hydrogens is 214 g/mol. The third kappa shape index (κ3) is 4.94. The smallest absolute Gasteiger partial charge is 0.156 e. The Morgan fingerprint density at radius 3 is 2.71 bits per heavy atom. The zero-order valence-electron chi connectivity index (χ0n) is 11.9. The minimum atomic E-state index is -0.112. The highest BCUT2D eigenvalue weighted by atomic mass is 16.7. The van der Waals surface area contributed by atoms with Crippen LogP contribution in [0.15, 0.2) is 0 Å². The average molecular weight is 243 g/mol. The maximum absolute atomic E-state index is 5.85. The third-order valence-corrected chi connectivity index (χ3v) is 3.75. The molecule has 17 heavy (non-hydrogen) atoms. The molecule has 0 spiro atoms. The molecule has 0 saturated carbocycles. The number of ether oxygens (including phenoxy) is 2. The highest BCUT2D eigenvalue weighted by Gasteiger charge is 2.27. The van der Waals surface area contributed by atoms with Crippen LogP contribution in [0.5, 0.6) is 0 Å². The molecule has 0 N–H and O–H groups in total. The number of nitrogens with zero attached hydrogens (tertiary/aromatic N) is 1. The highest BCUT2D eigenvalue weighted by molar-refractivity contribution is 4.78. The van der Waals surface area contributed by atoms with Gasteiger partial charge in [-0.1, -0.05) is 26.2 Å². The number of unbranched alkanes of at least 4 members (excludes halogenated alkanes) is 1. The van der Waals surface area contributed by atoms with Crippen molar-refractivity contribution in [2.24, 2.45) is 0 Å². The van der Waals surface area contributed by atoms with Crippen LogP contribution < -0.4 is 0 Å². The van der Waals surface area contributed by atoms with Gasteiger partial charge in [0.1, 0.15) is 6.23 Å². The molecule has 3 atom stereocenters. The van der Waals surface area contributed by atoms with Crippen LogP contribution in [0.4, 0.5) is 0 Å². The number of likely N-dealkylation sites (tertiary alicyclic amines) is 1. The Bertz CT molecular complexity index is 199. The monoisotopic (exact) mass is 243 g/mol. The van der Waals surface area contributed by atoms with Crippen molar-refractivity contribution < 1.29 is 9.47 Å². The molecule has 0 bridgehead atoms. The van der Waals surface area contributed by atoms with Crippen molar-refractivity contribution in [1.29, 1.82) is 0 Å². The van der Waals surface area contributed by atoms with E-state index >= 15 is 0 Å². The summed E-state index contributed by atoms with van der Waals surface area (Å²) in [4.78, 5) is 2.52. The summed E-state index contributed by atoms with van der Waals surface area (Å²) in [7, 11) is 1.70. The second kappa shape index (κ2) is 8.06. The fourth-order valence-electron chi connectivity index (χ4n) is 2.66. The predicted molar refractivity (Wildman–Crippen MR) is 70.9 cm³/mol. The highest BCUT2D eigenvalue weighted by Crippen LogP contribution is 2.24. The number of methoxy groups -OCH3 is 1. The Labute approximate surface area is 106 Å². The van der Waals surface area contributed by atoms with Gasteiger partial charge in [-0.15, -0.1) is 0 Å². The van der Waals surface area contributed by atoms with Crippen molar-refractivity contribution in [3.8, 4) is 0 Å². The molecule has 3 unspecified atom stereocenters. The van der Waals surface area contributed by atoms with Crippen LogP contribution >= 0.6 is 0 Å². The van der Waals surface area contributed by atoms with Gasteiger partial charge in [-0.05, 0) is 33.1 Å². The molecule has 1 saturated heterocycles. The Morgan fingerprint density at radius 1 is 1.29 bits per heavy atom. The molecule has 0 aromatic rings. The average Bonchev–Trinajstić information content (AvgIpc) is 2.36. The van der Waals surface area contributed by atoms with Crippen molar-refractivity contribution in [1.82, 2.24) is 4.90 Å². The van der Waals surface area contributed by atoms with E-state index in [0.717, 1.165) is 0 Å². The minimum absolute atomic E-state index is 0.112. The molecule has 3 heteroatoms. The van der Waals surface area contributed by atoms with E-state index < -0.39 is 0 Å². The van der Waals surface area contributed by atoms with Crippen LogP contribution in [-0.4, -0.2) is 37.1 Å². The van der Waals surface area contributed by atoms with Crippen LogP contribution in [0, 0.1) is 0 Å². The molecule has 1 heterocycles. The zero-order chi connectivity index (χ0) is 12.7. The molecular formula is C14H29NO2. The lowest BCUT2D eigenvalue weighted by Gasteiger charge is -2.40. The lowest BCUT2D eigenvalue weighted by molar-refractivity contribution is -0.191. The first-order chi connectivity index (χ1) is 8.19. The van der Waals surface area contributed by atoms with Crippen LogP contribution in [0.2, 0.25) is 0 Å². The van der Waals surface area contributed by atoms with Gasteiger partial charge in [0.15, 0.2) is 6.29 Å². The first-order valence-electron chi connectivity index (χ1n) is 7.13. The van der Waals surface area contributed by atoms with E-state index in [0.29, 0.717) is 6.04 Å². The standard InChI is InChI=1S/C14H29NO2/c1-5-6-9-14-10-7-8-11-15(14)12(2)17-13(3)16-4/h12-14H,5-11H2,1-4H3. The van der Waals surface area contributed by atoms with E-state index in [2.05, 4.69) is 18.7 Å². The molecule has 0 aromatic heterocycles. The summed E-state index contributed by atoms with van der Waals surface area (Å²) in [6.07, 6.45) is 7.99. The molecule has 0 amide bonds. The van der Waals surface area contributed by atoms with Gasteiger partial charge < -0.3 is 9.47 Å². The molecule has 0 aliphatic carbocycles. The van der Waals surface area contributed by atoms with E-state index in [1.807, 2.05) is 6.92 Å². The van der Waals surface area contributed by atoms with Gasteiger partial charge in [-0.3, -0.25) is 4.90 Å². The largest absolute Gasteiger partial charge is 0.356 e. The van der Waals surface area contributed by atoms with E-state index in [4.69, 9.17) is 9.47 Å². The Hall–Kier alpha value is -0.120. The number of hydrogen-bond acceptors (Lipinski definition) is 3. The molecule has 102 valence electrons. The number of rotatable bonds is 7. The zero-order valence-corrected chi connectivity index (χ0v) is 11.9. The van der Waals surface area contributed by atoms with Crippen molar-refractivity contribution in [3.63, 3.8) is 0 Å². The Kier molecular flexibility index (Phi) is 7.09. The Balaban J connectivity index is 2.45. The van der Waals surface area contributed by atoms with Gasteiger partial charge in [0.25, 0.3) is 0 Å². The summed E-state index contributed by atoms with van der Waals surface area (Å²) in [6, 6.07) is 0.711. The van der Waals surface area contributed by atoms with E-state index in [1.54, 1.807) is 7.11 Å². The fraction of sp³-hybridized carbons (Fsp3) is 1.00. The summed E-state index contributed by atoms with van der Waals surface area (Å²) >= 11 is 0. The van der Waals surface area contributed by atoms with Crippen molar-refractivity contribution in [2.45, 2.75) is 77.9 Å². The molecule has 3 nitrogen and oxygen atoms in total. The third-order valence-electron chi connectivity index (χ3n) is 3.75. The first-order valence-corrected chi connectivity index (χ1v) is 7.13. The van der Waals surface area contributed by atoms with Crippen LogP contribution in [0.3, 0.4) is 0 Å². The normalized spacial score (nSPS) is 25.8. The maximum atomic E-state index is 5.85. The predicted octanol–water partition coefficient (Wildman–Crippen LogP) is 3.39. The SMILES string of the molecule is CCCCC1CCCCN1C(C)OC(C)OC. The summed E-state index contributed by atoms with van der Waals surface area (Å²) < 4.78 is 11.0. The lowest BCUT2D eigenvalue weighted by atomic mass is 9.97. The lowest BCUT2D eigenvalue weighted by Crippen LogP contribution is -2.47. The summed E-state index contributed by atoms with van der Waals surface area (Å²) in [5.74, 6) is 0. The molecule has 1 rings (SSSR count). The summed E-state index contributed by atoms with van der Waals surface area (Å²) in [6.45, 7) is 7.55. The molecule has 1 aliphatic rings. The number of piperidine rings is 1. The molecule has 0 aromatic carbocycles. The van der Waals surface area contributed by atoms with Crippen LogP contribution in [0.25, 0.3) is 0 Å². The van der Waals surface area contributed by atoms with Gasteiger partial charge >= 0.3 is 0 Å². The van der Waals surface area contributed by atoms with Gasteiger partial charge in [0, 0.05) is 19.7 Å². The summed E-state index contributed by atoms with van der Waals surface area (Å²) in [5.41, 5.74) is 0. The van der Waals surface area contributed by atoms with Gasteiger partial charge in [-0.2, -0.15) is 0 Å². The van der Waals surface area contributed by atoms with Crippen molar-refractivity contribution in [2.75, 3.05) is 13.7 Å². The van der Waals surface area contributed by atoms with Gasteiger partial charge in [0.05, 0.1) is 0 Å². The maximum Gasteiger partial charge on any atom is 0.156 e. The molecule has 1 aliphatic heterocycles. The van der Waals surface area contributed by atoms with E-state index in [9.17, 15) is 0 Å². The molecule has 1 fully saturated rings. The van der Waals surface area contributed by atoms with Gasteiger partial charge in [0.2, 0.25) is 0 Å². The van der Waals surface area contributed by atoms with Crippen molar-refractivity contribution in [3.05, 3.63) is 0 Å². The fourth-order valence-corrected chi connectivity index (χ4v) is 2.66. The first kappa shape index (κ1) is 14.9. The minimum Gasteiger partial charge on any atom is -0.356 e. The number of hydrogen-bond donors (Lipinski definition) is 0. The molecule has 0 radical (unpaired) electrons. The van der Waals surface area contributed by atoms with Crippen LogP contribution in [0.1, 0.15) is 59.3 Å². The second-order valence-electron chi connectivity index (χ2n) is 5.07. The Morgan fingerprint density at radius 2 is 2.06 bits per heavy atom. The summed E-state index contributed by atoms with van der Waals surface area (Å²) in [5, 5.41) is 0. The van der Waals surface area contributed by atoms with E-state index in [-0.39, 0.29) is 12.5 Å².